The van der Waals surface area contributed by atoms with Crippen LogP contribution in [0, 0.1) is 6.92 Å². The van der Waals surface area contributed by atoms with E-state index in [0.717, 1.165) is 33.5 Å². The summed E-state index contributed by atoms with van der Waals surface area (Å²) in [5, 5.41) is 3.07. The van der Waals surface area contributed by atoms with Crippen LogP contribution in [0.2, 0.25) is 0 Å². The number of aryl methyl sites for hydroxylation is 1. The number of ketones is 1. The molecule has 40 heavy (non-hydrogen) atoms. The molecule has 4 aromatic rings. The number of benzene rings is 3. The van der Waals surface area contributed by atoms with Crippen molar-refractivity contribution in [2.45, 2.75) is 59.3 Å². The minimum atomic E-state index is -0.164. The van der Waals surface area contributed by atoms with Crippen LogP contribution in [0.3, 0.4) is 0 Å². The summed E-state index contributed by atoms with van der Waals surface area (Å²) in [4.78, 5) is 38.1. The highest BCUT2D eigenvalue weighted by Gasteiger charge is 2.16. The first kappa shape index (κ1) is 28.8. The Morgan fingerprint density at radius 3 is 2.25 bits per heavy atom. The minimum Gasteiger partial charge on any atom is -0.322 e. The zero-order valence-corrected chi connectivity index (χ0v) is 24.3. The molecule has 0 radical (unpaired) electrons. The van der Waals surface area contributed by atoms with E-state index in [1.807, 2.05) is 92.8 Å². The lowest BCUT2D eigenvalue weighted by Gasteiger charge is -2.19. The van der Waals surface area contributed by atoms with E-state index in [0.29, 0.717) is 30.4 Å². The van der Waals surface area contributed by atoms with Gasteiger partial charge in [0.05, 0.1) is 0 Å². The van der Waals surface area contributed by atoms with Crippen LogP contribution < -0.4 is 10.9 Å². The summed E-state index contributed by atoms with van der Waals surface area (Å²) in [6, 6.07) is 23.4. The third-order valence-electron chi connectivity index (χ3n) is 7.35. The van der Waals surface area contributed by atoms with Crippen LogP contribution in [0.4, 0.5) is 5.69 Å². The normalized spacial score (nSPS) is 11.3. The van der Waals surface area contributed by atoms with Crippen molar-refractivity contribution in [1.29, 1.82) is 0 Å². The lowest BCUT2D eigenvalue weighted by molar-refractivity contribution is -0.118. The number of amides is 1. The molecule has 0 aliphatic rings. The van der Waals surface area contributed by atoms with E-state index in [-0.39, 0.29) is 22.7 Å². The van der Waals surface area contributed by atoms with Crippen molar-refractivity contribution in [3.63, 3.8) is 0 Å². The number of nitrogens with zero attached hydrogens (tertiary/aromatic N) is 1. The van der Waals surface area contributed by atoms with Gasteiger partial charge in [0.25, 0.3) is 11.5 Å². The maximum absolute atomic E-state index is 13.1. The molecule has 3 aromatic carbocycles. The number of rotatable bonds is 8. The standard InChI is InChI=1S/C35H38N2O3/c1-7-30(38)20-25-11-8-10-24(18-25)19-27-21-28(22-37(6)34(27)40)31-12-9-13-32(23(31)2)36-33(39)26-14-16-29(17-15-26)35(3,4)5/h8-18,21-22H,7,19-20H2,1-6H3,(H,36,39). The maximum atomic E-state index is 13.1. The molecule has 0 fully saturated rings. The van der Waals surface area contributed by atoms with Gasteiger partial charge in [-0.05, 0) is 70.0 Å². The fourth-order valence-electron chi connectivity index (χ4n) is 4.88. The third kappa shape index (κ3) is 6.66. The van der Waals surface area contributed by atoms with Crippen LogP contribution >= 0.6 is 0 Å². The quantitative estimate of drug-likeness (QED) is 0.264. The van der Waals surface area contributed by atoms with E-state index in [9.17, 15) is 14.4 Å². The van der Waals surface area contributed by atoms with Gasteiger partial charge in [0, 0.05) is 49.3 Å². The van der Waals surface area contributed by atoms with E-state index in [1.54, 1.807) is 11.6 Å². The van der Waals surface area contributed by atoms with Crippen LogP contribution in [0.5, 0.6) is 0 Å². The van der Waals surface area contributed by atoms with Crippen molar-refractivity contribution in [3.05, 3.63) is 123 Å². The largest absolute Gasteiger partial charge is 0.322 e. The second-order valence-corrected chi connectivity index (χ2v) is 11.5. The third-order valence-corrected chi connectivity index (χ3v) is 7.35. The van der Waals surface area contributed by atoms with Gasteiger partial charge >= 0.3 is 0 Å². The van der Waals surface area contributed by atoms with Crippen molar-refractivity contribution >= 4 is 17.4 Å². The van der Waals surface area contributed by atoms with Gasteiger partial charge in [0.15, 0.2) is 0 Å². The molecule has 1 amide bonds. The van der Waals surface area contributed by atoms with E-state index >= 15 is 0 Å². The van der Waals surface area contributed by atoms with Gasteiger partial charge in [-0.3, -0.25) is 14.4 Å². The summed E-state index contributed by atoms with van der Waals surface area (Å²) < 4.78 is 1.61. The average Bonchev–Trinajstić information content (AvgIpc) is 2.92. The molecule has 0 saturated carbocycles. The second kappa shape index (κ2) is 11.9. The van der Waals surface area contributed by atoms with Gasteiger partial charge < -0.3 is 9.88 Å². The Bertz CT molecular complexity index is 1610. The van der Waals surface area contributed by atoms with Crippen LogP contribution in [-0.2, 0) is 30.1 Å². The molecule has 0 bridgehead atoms. The number of Topliss-reactive ketones (excluding diaryl/α,β-unsaturated/α-hetero) is 1. The van der Waals surface area contributed by atoms with E-state index in [2.05, 4.69) is 26.1 Å². The number of aromatic nitrogens is 1. The highest BCUT2D eigenvalue weighted by molar-refractivity contribution is 6.05. The van der Waals surface area contributed by atoms with Crippen molar-refractivity contribution in [1.82, 2.24) is 4.57 Å². The van der Waals surface area contributed by atoms with Crippen LogP contribution in [0.25, 0.3) is 11.1 Å². The zero-order valence-electron chi connectivity index (χ0n) is 24.3. The smallest absolute Gasteiger partial charge is 0.255 e. The number of hydrogen-bond acceptors (Lipinski definition) is 3. The van der Waals surface area contributed by atoms with Crippen molar-refractivity contribution in [2.75, 3.05) is 5.32 Å². The topological polar surface area (TPSA) is 68.2 Å². The van der Waals surface area contributed by atoms with Gasteiger partial charge in [0.1, 0.15) is 5.78 Å². The molecule has 0 aliphatic heterocycles. The molecule has 0 spiro atoms. The summed E-state index contributed by atoms with van der Waals surface area (Å²) >= 11 is 0. The van der Waals surface area contributed by atoms with E-state index < -0.39 is 0 Å². The van der Waals surface area contributed by atoms with Crippen molar-refractivity contribution in [2.24, 2.45) is 7.05 Å². The summed E-state index contributed by atoms with van der Waals surface area (Å²) in [6.07, 6.45) is 3.21. The minimum absolute atomic E-state index is 0.0193. The molecule has 0 saturated heterocycles. The van der Waals surface area contributed by atoms with Gasteiger partial charge in [-0.25, -0.2) is 0 Å². The van der Waals surface area contributed by atoms with E-state index in [1.165, 1.54) is 5.56 Å². The first-order valence-electron chi connectivity index (χ1n) is 13.8. The molecule has 5 heteroatoms. The monoisotopic (exact) mass is 534 g/mol. The molecule has 1 N–H and O–H groups in total. The second-order valence-electron chi connectivity index (χ2n) is 11.5. The van der Waals surface area contributed by atoms with Gasteiger partial charge in [-0.2, -0.15) is 0 Å². The highest BCUT2D eigenvalue weighted by Crippen LogP contribution is 2.29. The zero-order chi connectivity index (χ0) is 29.0. The molecule has 0 atom stereocenters. The maximum Gasteiger partial charge on any atom is 0.255 e. The fraction of sp³-hybridized carbons (Fsp3) is 0.286. The van der Waals surface area contributed by atoms with Crippen molar-refractivity contribution in [3.8, 4) is 11.1 Å². The lowest BCUT2D eigenvalue weighted by atomic mass is 9.86. The molecule has 0 unspecified atom stereocenters. The molecule has 1 aromatic heterocycles. The first-order chi connectivity index (χ1) is 19.0. The number of anilines is 1. The number of pyridine rings is 1. The Balaban J connectivity index is 1.61. The Labute approximate surface area is 236 Å². The molecule has 1 heterocycles. The highest BCUT2D eigenvalue weighted by atomic mass is 16.1. The summed E-state index contributed by atoms with van der Waals surface area (Å²) in [7, 11) is 1.76. The Hall–Kier alpha value is -4.25. The van der Waals surface area contributed by atoms with Gasteiger partial charge in [-0.15, -0.1) is 0 Å². The predicted octanol–water partition coefficient (Wildman–Crippen LogP) is 7.02. The molecule has 5 nitrogen and oxygen atoms in total. The molecule has 4 rings (SSSR count). The van der Waals surface area contributed by atoms with E-state index in [4.69, 9.17) is 0 Å². The number of nitrogens with one attached hydrogen (secondary N) is 1. The molecular weight excluding hydrogens is 496 g/mol. The fourth-order valence-corrected chi connectivity index (χ4v) is 4.88. The predicted molar refractivity (Wildman–Crippen MR) is 163 cm³/mol. The average molecular weight is 535 g/mol. The van der Waals surface area contributed by atoms with Crippen LogP contribution in [0.1, 0.15) is 72.3 Å². The van der Waals surface area contributed by atoms with Crippen LogP contribution in [0.15, 0.2) is 83.8 Å². The molecular formula is C35H38N2O3. The lowest BCUT2D eigenvalue weighted by Crippen LogP contribution is -2.21. The number of hydrogen-bond donors (Lipinski definition) is 1. The van der Waals surface area contributed by atoms with Crippen LogP contribution in [-0.4, -0.2) is 16.3 Å². The SMILES string of the molecule is CCC(=O)Cc1cccc(Cc2cc(-c3cccc(NC(=O)c4ccc(C(C)(C)C)cc4)c3C)cn(C)c2=O)c1. The number of carbonyl (C=O) groups is 2. The Morgan fingerprint density at radius 1 is 0.900 bits per heavy atom. The van der Waals surface area contributed by atoms with Gasteiger partial charge in [0.2, 0.25) is 0 Å². The summed E-state index contributed by atoms with van der Waals surface area (Å²) in [5.74, 6) is 0.0303. The molecule has 206 valence electrons. The number of carbonyl (C=O) groups excluding carboxylic acids is 2. The van der Waals surface area contributed by atoms with Gasteiger partial charge in [-0.1, -0.05) is 76.2 Å². The Morgan fingerprint density at radius 2 is 1.57 bits per heavy atom. The summed E-state index contributed by atoms with van der Waals surface area (Å²) in [6.45, 7) is 10.3. The first-order valence-corrected chi connectivity index (χ1v) is 13.8. The van der Waals surface area contributed by atoms with Crippen molar-refractivity contribution < 1.29 is 9.59 Å². The Kier molecular flexibility index (Phi) is 8.53. The summed E-state index contributed by atoms with van der Waals surface area (Å²) in [5.41, 5.74) is 7.86. The molecule has 0 aliphatic carbocycles.